The number of H-pyrrole nitrogens is 1. The smallest absolute Gasteiger partial charge is 0.261 e. The minimum Gasteiger partial charge on any atom is -0.325 e. The first-order valence-corrected chi connectivity index (χ1v) is 7.30. The maximum absolute atomic E-state index is 12.9. The van der Waals surface area contributed by atoms with Gasteiger partial charge in [0.1, 0.15) is 11.4 Å². The Morgan fingerprint density at radius 3 is 2.61 bits per heavy atom. The molecule has 23 heavy (non-hydrogen) atoms. The Bertz CT molecular complexity index is 840. The third kappa shape index (κ3) is 3.06. The van der Waals surface area contributed by atoms with Gasteiger partial charge in [0.05, 0.1) is 0 Å². The average molecular weight is 314 g/mol. The molecule has 1 heterocycles. The number of Topliss-reactive ketones (excluding diaryl/α,β-unsaturated/α-hetero) is 1. The molecule has 0 radical (unpaired) electrons. The summed E-state index contributed by atoms with van der Waals surface area (Å²) in [5.74, 6) is -0.961. The lowest BCUT2D eigenvalue weighted by Gasteiger charge is -2.20. The maximum Gasteiger partial charge on any atom is 0.261 e. The van der Waals surface area contributed by atoms with Gasteiger partial charge in [-0.2, -0.15) is 0 Å². The van der Waals surface area contributed by atoms with E-state index in [2.05, 4.69) is 10.3 Å². The lowest BCUT2D eigenvalue weighted by Crippen LogP contribution is -2.29. The van der Waals surface area contributed by atoms with Crippen molar-refractivity contribution in [3.05, 3.63) is 63.3 Å². The number of aromatic nitrogens is 1. The Morgan fingerprint density at radius 1 is 1.22 bits per heavy atom. The number of anilines is 1. The summed E-state index contributed by atoms with van der Waals surface area (Å²) in [6, 6.07) is 6.55. The molecular formula is C17H15FN2O3. The van der Waals surface area contributed by atoms with Gasteiger partial charge in [-0.15, -0.1) is 0 Å². The van der Waals surface area contributed by atoms with E-state index in [9.17, 15) is 18.8 Å². The zero-order valence-electron chi connectivity index (χ0n) is 12.5. The summed E-state index contributed by atoms with van der Waals surface area (Å²) in [4.78, 5) is 39.1. The maximum atomic E-state index is 12.9. The minimum absolute atomic E-state index is 0.0779. The lowest BCUT2D eigenvalue weighted by molar-refractivity contribution is 0.0952. The van der Waals surface area contributed by atoms with Gasteiger partial charge in [0.15, 0.2) is 5.78 Å². The van der Waals surface area contributed by atoms with Gasteiger partial charge in [-0.05, 0) is 42.7 Å². The summed E-state index contributed by atoms with van der Waals surface area (Å²) in [5, 5.41) is 2.52. The predicted octanol–water partition coefficient (Wildman–Crippen LogP) is 2.53. The molecule has 2 aromatic rings. The van der Waals surface area contributed by atoms with Crippen molar-refractivity contribution in [3.63, 3.8) is 0 Å². The number of benzene rings is 1. The molecule has 0 bridgehead atoms. The molecular weight excluding hydrogens is 299 g/mol. The van der Waals surface area contributed by atoms with E-state index in [1.165, 1.54) is 30.3 Å². The van der Waals surface area contributed by atoms with Crippen LogP contribution in [0, 0.1) is 11.7 Å². The number of ketones is 1. The van der Waals surface area contributed by atoms with Crippen molar-refractivity contribution in [1.29, 1.82) is 0 Å². The van der Waals surface area contributed by atoms with E-state index in [1.54, 1.807) is 0 Å². The third-order valence-electron chi connectivity index (χ3n) is 3.86. The second-order valence-corrected chi connectivity index (χ2v) is 5.80. The summed E-state index contributed by atoms with van der Waals surface area (Å²) < 4.78 is 12.9. The molecule has 0 spiro atoms. The molecule has 6 heteroatoms. The van der Waals surface area contributed by atoms with Crippen molar-refractivity contribution in [2.45, 2.75) is 19.8 Å². The summed E-state index contributed by atoms with van der Waals surface area (Å²) >= 11 is 0. The molecule has 1 aliphatic carbocycles. The molecule has 0 saturated carbocycles. The highest BCUT2D eigenvalue weighted by atomic mass is 19.1. The molecule has 1 atom stereocenters. The van der Waals surface area contributed by atoms with Gasteiger partial charge in [-0.25, -0.2) is 4.39 Å². The van der Waals surface area contributed by atoms with Crippen molar-refractivity contribution in [2.24, 2.45) is 5.92 Å². The van der Waals surface area contributed by atoms with Crippen LogP contribution in [0.2, 0.25) is 0 Å². The second-order valence-electron chi connectivity index (χ2n) is 5.80. The van der Waals surface area contributed by atoms with Crippen molar-refractivity contribution in [2.75, 3.05) is 5.32 Å². The van der Waals surface area contributed by atoms with E-state index in [0.29, 0.717) is 29.8 Å². The Labute approximate surface area is 131 Å². The summed E-state index contributed by atoms with van der Waals surface area (Å²) in [6.45, 7) is 1.94. The van der Waals surface area contributed by atoms with Gasteiger partial charge in [0.2, 0.25) is 0 Å². The highest BCUT2D eigenvalue weighted by Gasteiger charge is 2.25. The normalized spacial score (nSPS) is 16.8. The summed E-state index contributed by atoms with van der Waals surface area (Å²) in [5.41, 5.74) is 0.679. The van der Waals surface area contributed by atoms with Crippen molar-refractivity contribution < 1.29 is 14.0 Å². The van der Waals surface area contributed by atoms with Crippen LogP contribution in [0.1, 0.15) is 39.8 Å². The number of halogens is 1. The highest BCUT2D eigenvalue weighted by Crippen LogP contribution is 2.23. The van der Waals surface area contributed by atoms with Crippen LogP contribution in [0.5, 0.6) is 0 Å². The number of fused-ring (bicyclic) bond motifs is 1. The van der Waals surface area contributed by atoms with Crippen LogP contribution in [0.25, 0.3) is 0 Å². The molecule has 118 valence electrons. The fraction of sp³-hybridized carbons (Fsp3) is 0.235. The molecule has 1 aromatic carbocycles. The quantitative estimate of drug-likeness (QED) is 0.894. The standard InChI is InChI=1S/C17H15FN2O3/c1-9-6-14-12(15(21)7-9)8-13(17(23)20-14)16(22)19-11-4-2-10(18)3-5-11/h2-5,8-9H,6-7H2,1H3,(H,19,22)(H,20,23)/t9-/m1/s1. The first kappa shape index (κ1) is 15.1. The van der Waals surface area contributed by atoms with Crippen LogP contribution < -0.4 is 10.9 Å². The molecule has 0 aliphatic heterocycles. The predicted molar refractivity (Wildman–Crippen MR) is 83.2 cm³/mol. The molecule has 5 nitrogen and oxygen atoms in total. The van der Waals surface area contributed by atoms with Gasteiger partial charge in [0.25, 0.3) is 11.5 Å². The van der Waals surface area contributed by atoms with E-state index in [-0.39, 0.29) is 17.3 Å². The highest BCUT2D eigenvalue weighted by molar-refractivity contribution is 6.06. The fourth-order valence-corrected chi connectivity index (χ4v) is 2.73. The van der Waals surface area contributed by atoms with Crippen LogP contribution in [0.15, 0.2) is 35.1 Å². The number of carbonyl (C=O) groups is 2. The Balaban J connectivity index is 1.92. The van der Waals surface area contributed by atoms with Gasteiger partial charge in [-0.3, -0.25) is 14.4 Å². The molecule has 1 aliphatic rings. The molecule has 2 N–H and O–H groups in total. The second kappa shape index (κ2) is 5.79. The van der Waals surface area contributed by atoms with E-state index >= 15 is 0 Å². The SMILES string of the molecule is C[C@H]1CC(=O)c2cc(C(=O)Nc3ccc(F)cc3)c(=O)[nH]c2C1. The summed E-state index contributed by atoms with van der Waals surface area (Å²) in [7, 11) is 0. The monoisotopic (exact) mass is 314 g/mol. The number of nitrogens with one attached hydrogen (secondary N) is 2. The van der Waals surface area contributed by atoms with Crippen LogP contribution in [-0.4, -0.2) is 16.7 Å². The minimum atomic E-state index is -0.632. The number of pyridine rings is 1. The van der Waals surface area contributed by atoms with E-state index < -0.39 is 17.3 Å². The van der Waals surface area contributed by atoms with Gasteiger partial charge < -0.3 is 10.3 Å². The molecule has 0 saturated heterocycles. The zero-order chi connectivity index (χ0) is 16.6. The first-order valence-electron chi connectivity index (χ1n) is 7.30. The van der Waals surface area contributed by atoms with E-state index in [4.69, 9.17) is 0 Å². The number of amides is 1. The average Bonchev–Trinajstić information content (AvgIpc) is 2.48. The summed E-state index contributed by atoms with van der Waals surface area (Å²) in [6.07, 6.45) is 1.01. The van der Waals surface area contributed by atoms with Crippen molar-refractivity contribution in [1.82, 2.24) is 4.98 Å². The number of rotatable bonds is 2. The third-order valence-corrected chi connectivity index (χ3v) is 3.86. The van der Waals surface area contributed by atoms with E-state index in [0.717, 1.165) is 0 Å². The van der Waals surface area contributed by atoms with Gasteiger partial charge in [-0.1, -0.05) is 6.92 Å². The van der Waals surface area contributed by atoms with Crippen LogP contribution in [0.4, 0.5) is 10.1 Å². The van der Waals surface area contributed by atoms with Crippen LogP contribution >= 0.6 is 0 Å². The molecule has 0 fully saturated rings. The zero-order valence-corrected chi connectivity index (χ0v) is 12.5. The number of carbonyl (C=O) groups excluding carboxylic acids is 2. The van der Waals surface area contributed by atoms with Gasteiger partial charge >= 0.3 is 0 Å². The fourth-order valence-electron chi connectivity index (χ4n) is 2.73. The molecule has 0 unspecified atom stereocenters. The topological polar surface area (TPSA) is 79.0 Å². The van der Waals surface area contributed by atoms with Gasteiger partial charge in [0, 0.05) is 23.4 Å². The van der Waals surface area contributed by atoms with Crippen LogP contribution in [-0.2, 0) is 6.42 Å². The molecule has 3 rings (SSSR count). The van der Waals surface area contributed by atoms with E-state index in [1.807, 2.05) is 6.92 Å². The molecule has 1 amide bonds. The molecule has 1 aromatic heterocycles. The van der Waals surface area contributed by atoms with Crippen molar-refractivity contribution in [3.8, 4) is 0 Å². The first-order chi connectivity index (χ1) is 10.9. The lowest BCUT2D eigenvalue weighted by atomic mass is 9.86. The Kier molecular flexibility index (Phi) is 3.82. The van der Waals surface area contributed by atoms with Crippen LogP contribution in [0.3, 0.4) is 0 Å². The number of hydrogen-bond donors (Lipinski definition) is 2. The Morgan fingerprint density at radius 2 is 1.91 bits per heavy atom. The number of hydrogen-bond acceptors (Lipinski definition) is 3. The largest absolute Gasteiger partial charge is 0.325 e. The Hall–Kier alpha value is -2.76. The number of aromatic amines is 1. The van der Waals surface area contributed by atoms with Crippen molar-refractivity contribution >= 4 is 17.4 Å².